The Bertz CT molecular complexity index is 108. The van der Waals surface area contributed by atoms with Crippen LogP contribution in [-0.2, 0) is 4.74 Å². The maximum absolute atomic E-state index is 8.62. The SMILES string of the molecule is COC1CCNC1CCCO. The summed E-state index contributed by atoms with van der Waals surface area (Å²) < 4.78 is 5.28. The Morgan fingerprint density at radius 2 is 2.45 bits per heavy atom. The Kier molecular flexibility index (Phi) is 3.83. The second-order valence-electron chi connectivity index (χ2n) is 2.99. The lowest BCUT2D eigenvalue weighted by Crippen LogP contribution is -2.31. The molecular formula is C8H17NO2. The third-order valence-electron chi connectivity index (χ3n) is 2.26. The Morgan fingerprint density at radius 3 is 3.09 bits per heavy atom. The van der Waals surface area contributed by atoms with Crippen molar-refractivity contribution in [2.75, 3.05) is 20.3 Å². The van der Waals surface area contributed by atoms with E-state index in [1.807, 2.05) is 0 Å². The van der Waals surface area contributed by atoms with E-state index in [9.17, 15) is 0 Å². The summed E-state index contributed by atoms with van der Waals surface area (Å²) in [5, 5.41) is 12.0. The third kappa shape index (κ3) is 2.43. The second kappa shape index (κ2) is 4.70. The van der Waals surface area contributed by atoms with Crippen molar-refractivity contribution in [3.05, 3.63) is 0 Å². The molecule has 1 fully saturated rings. The molecule has 0 amide bonds. The summed E-state index contributed by atoms with van der Waals surface area (Å²) in [5.74, 6) is 0. The van der Waals surface area contributed by atoms with Crippen molar-refractivity contribution in [3.63, 3.8) is 0 Å². The summed E-state index contributed by atoms with van der Waals surface area (Å²) in [7, 11) is 1.75. The van der Waals surface area contributed by atoms with E-state index in [-0.39, 0.29) is 6.61 Å². The summed E-state index contributed by atoms with van der Waals surface area (Å²) in [6.07, 6.45) is 3.36. The van der Waals surface area contributed by atoms with E-state index < -0.39 is 0 Å². The first-order chi connectivity index (χ1) is 5.38. The molecule has 1 aliphatic heterocycles. The molecule has 1 aliphatic rings. The predicted molar refractivity (Wildman–Crippen MR) is 43.5 cm³/mol. The fraction of sp³-hybridized carbons (Fsp3) is 1.00. The van der Waals surface area contributed by atoms with E-state index in [4.69, 9.17) is 9.84 Å². The van der Waals surface area contributed by atoms with Gasteiger partial charge >= 0.3 is 0 Å². The van der Waals surface area contributed by atoms with Gasteiger partial charge in [0.1, 0.15) is 0 Å². The highest BCUT2D eigenvalue weighted by atomic mass is 16.5. The minimum atomic E-state index is 0.286. The summed E-state index contributed by atoms with van der Waals surface area (Å²) in [6, 6.07) is 0.465. The van der Waals surface area contributed by atoms with Crippen molar-refractivity contribution in [3.8, 4) is 0 Å². The third-order valence-corrected chi connectivity index (χ3v) is 2.26. The van der Waals surface area contributed by atoms with Gasteiger partial charge in [-0.2, -0.15) is 0 Å². The van der Waals surface area contributed by atoms with Crippen molar-refractivity contribution >= 4 is 0 Å². The molecule has 11 heavy (non-hydrogen) atoms. The molecule has 0 aliphatic carbocycles. The first-order valence-corrected chi connectivity index (χ1v) is 4.25. The van der Waals surface area contributed by atoms with E-state index >= 15 is 0 Å². The number of rotatable bonds is 4. The molecule has 0 radical (unpaired) electrons. The van der Waals surface area contributed by atoms with Crippen LogP contribution >= 0.6 is 0 Å². The van der Waals surface area contributed by atoms with E-state index in [2.05, 4.69) is 5.32 Å². The highest BCUT2D eigenvalue weighted by Crippen LogP contribution is 2.14. The highest BCUT2D eigenvalue weighted by Gasteiger charge is 2.25. The van der Waals surface area contributed by atoms with Gasteiger partial charge in [0.2, 0.25) is 0 Å². The quantitative estimate of drug-likeness (QED) is 0.613. The molecule has 1 heterocycles. The van der Waals surface area contributed by atoms with Crippen molar-refractivity contribution < 1.29 is 9.84 Å². The monoisotopic (exact) mass is 159 g/mol. The van der Waals surface area contributed by atoms with Crippen molar-refractivity contribution in [2.24, 2.45) is 0 Å². The highest BCUT2D eigenvalue weighted by molar-refractivity contribution is 4.83. The number of aliphatic hydroxyl groups excluding tert-OH is 1. The summed E-state index contributed by atoms with van der Waals surface area (Å²) >= 11 is 0. The van der Waals surface area contributed by atoms with Gasteiger partial charge in [0.05, 0.1) is 6.10 Å². The first-order valence-electron chi connectivity index (χ1n) is 4.25. The molecule has 0 saturated carbocycles. The van der Waals surface area contributed by atoms with Gasteiger partial charge in [-0.05, 0) is 25.8 Å². The van der Waals surface area contributed by atoms with Crippen LogP contribution in [0.1, 0.15) is 19.3 Å². The molecule has 2 unspecified atom stereocenters. The van der Waals surface area contributed by atoms with E-state index in [1.165, 1.54) is 0 Å². The number of aliphatic hydroxyl groups is 1. The molecule has 1 saturated heterocycles. The fourth-order valence-electron chi connectivity index (χ4n) is 1.62. The van der Waals surface area contributed by atoms with Gasteiger partial charge in [-0.3, -0.25) is 0 Å². The molecule has 3 nitrogen and oxygen atoms in total. The number of nitrogens with one attached hydrogen (secondary N) is 1. The average Bonchev–Trinajstić information content (AvgIpc) is 2.47. The van der Waals surface area contributed by atoms with Crippen LogP contribution in [0.25, 0.3) is 0 Å². The summed E-state index contributed by atoms with van der Waals surface area (Å²) in [4.78, 5) is 0. The minimum Gasteiger partial charge on any atom is -0.396 e. The zero-order valence-corrected chi connectivity index (χ0v) is 7.05. The molecule has 2 N–H and O–H groups in total. The lowest BCUT2D eigenvalue weighted by molar-refractivity contribution is 0.0870. The number of hydrogen-bond acceptors (Lipinski definition) is 3. The van der Waals surface area contributed by atoms with Gasteiger partial charge in [0.15, 0.2) is 0 Å². The lowest BCUT2D eigenvalue weighted by atomic mass is 10.1. The topological polar surface area (TPSA) is 41.5 Å². The average molecular weight is 159 g/mol. The lowest BCUT2D eigenvalue weighted by Gasteiger charge is -2.16. The minimum absolute atomic E-state index is 0.286. The number of ether oxygens (including phenoxy) is 1. The Balaban J connectivity index is 2.20. The van der Waals surface area contributed by atoms with Crippen LogP contribution < -0.4 is 5.32 Å². The maximum atomic E-state index is 8.62. The molecule has 66 valence electrons. The van der Waals surface area contributed by atoms with Gasteiger partial charge < -0.3 is 15.2 Å². The van der Waals surface area contributed by atoms with E-state index in [0.29, 0.717) is 12.1 Å². The van der Waals surface area contributed by atoms with Crippen molar-refractivity contribution in [2.45, 2.75) is 31.4 Å². The van der Waals surface area contributed by atoms with Gasteiger partial charge in [0.25, 0.3) is 0 Å². The number of methoxy groups -OCH3 is 1. The molecule has 0 bridgehead atoms. The van der Waals surface area contributed by atoms with Crippen LogP contribution in [0, 0.1) is 0 Å². The van der Waals surface area contributed by atoms with Crippen LogP contribution in [0.4, 0.5) is 0 Å². The largest absolute Gasteiger partial charge is 0.396 e. The maximum Gasteiger partial charge on any atom is 0.0736 e. The molecular weight excluding hydrogens is 142 g/mol. The van der Waals surface area contributed by atoms with Gasteiger partial charge in [-0.15, -0.1) is 0 Å². The zero-order chi connectivity index (χ0) is 8.10. The number of hydrogen-bond donors (Lipinski definition) is 2. The fourth-order valence-corrected chi connectivity index (χ4v) is 1.62. The predicted octanol–water partition coefficient (Wildman–Crippen LogP) is 0.136. The van der Waals surface area contributed by atoms with Gasteiger partial charge in [-0.1, -0.05) is 0 Å². The van der Waals surface area contributed by atoms with Crippen LogP contribution in [0.5, 0.6) is 0 Å². The van der Waals surface area contributed by atoms with Crippen LogP contribution in [0.15, 0.2) is 0 Å². The van der Waals surface area contributed by atoms with E-state index in [1.54, 1.807) is 7.11 Å². The summed E-state index contributed by atoms with van der Waals surface area (Å²) in [5.41, 5.74) is 0. The molecule has 0 aromatic carbocycles. The molecule has 2 atom stereocenters. The van der Waals surface area contributed by atoms with Crippen LogP contribution in [0.3, 0.4) is 0 Å². The Hall–Kier alpha value is -0.120. The molecule has 0 aromatic rings. The van der Waals surface area contributed by atoms with Crippen molar-refractivity contribution in [1.29, 1.82) is 0 Å². The van der Waals surface area contributed by atoms with Gasteiger partial charge in [0, 0.05) is 19.8 Å². The van der Waals surface area contributed by atoms with Gasteiger partial charge in [-0.25, -0.2) is 0 Å². The van der Waals surface area contributed by atoms with Crippen LogP contribution in [-0.4, -0.2) is 37.5 Å². The molecule has 3 heteroatoms. The van der Waals surface area contributed by atoms with E-state index in [0.717, 1.165) is 25.8 Å². The first kappa shape index (κ1) is 8.97. The molecule has 1 rings (SSSR count). The Morgan fingerprint density at radius 1 is 1.64 bits per heavy atom. The zero-order valence-electron chi connectivity index (χ0n) is 7.05. The standard InChI is InChI=1S/C8H17NO2/c1-11-8-4-5-9-7(8)3-2-6-10/h7-10H,2-6H2,1H3. The molecule has 0 aromatic heterocycles. The normalized spacial score (nSPS) is 31.1. The Labute approximate surface area is 67.7 Å². The smallest absolute Gasteiger partial charge is 0.0736 e. The van der Waals surface area contributed by atoms with Crippen molar-refractivity contribution in [1.82, 2.24) is 5.32 Å². The van der Waals surface area contributed by atoms with Crippen LogP contribution in [0.2, 0.25) is 0 Å². The molecule has 0 spiro atoms. The second-order valence-corrected chi connectivity index (χ2v) is 2.99. The summed E-state index contributed by atoms with van der Waals surface area (Å²) in [6.45, 7) is 1.34.